The zero-order valence-corrected chi connectivity index (χ0v) is 14.2. The number of nitro groups is 1. The topological polar surface area (TPSA) is 122 Å². The fraction of sp³-hybridized carbons (Fsp3) is 0.438. The number of non-ortho nitro benzene ring substituents is 1. The average Bonchev–Trinajstić information content (AvgIpc) is 2.70. The molecule has 1 aliphatic heterocycles. The van der Waals surface area contributed by atoms with Crippen LogP contribution in [0, 0.1) is 16.0 Å². The second-order valence-corrected chi connectivity index (χ2v) is 6.61. The molecular formula is C16H20N4O5. The Hall–Kier alpha value is -2.97. The highest BCUT2D eigenvalue weighted by molar-refractivity contribution is 6.09. The van der Waals surface area contributed by atoms with Crippen molar-refractivity contribution in [3.8, 4) is 0 Å². The maximum absolute atomic E-state index is 12.5. The minimum Gasteiger partial charge on any atom is -0.324 e. The first kappa shape index (κ1) is 18.4. The van der Waals surface area contributed by atoms with Gasteiger partial charge in [-0.3, -0.25) is 24.6 Å². The summed E-state index contributed by atoms with van der Waals surface area (Å²) in [5, 5.41) is 15.8. The average molecular weight is 348 g/mol. The fourth-order valence-electron chi connectivity index (χ4n) is 2.89. The number of nitro benzene ring substituents is 1. The summed E-state index contributed by atoms with van der Waals surface area (Å²) in [7, 11) is 0. The highest BCUT2D eigenvalue weighted by Crippen LogP contribution is 2.25. The normalized spacial score (nSPS) is 19.9. The third kappa shape index (κ3) is 4.11. The van der Waals surface area contributed by atoms with E-state index in [0.717, 1.165) is 4.90 Å². The molecule has 0 aliphatic carbocycles. The van der Waals surface area contributed by atoms with Crippen molar-refractivity contribution in [3.63, 3.8) is 0 Å². The van der Waals surface area contributed by atoms with Crippen LogP contribution < -0.4 is 10.6 Å². The second kappa shape index (κ2) is 6.88. The molecule has 2 rings (SSSR count). The molecule has 0 spiro atoms. The summed E-state index contributed by atoms with van der Waals surface area (Å²) in [6, 6.07) is 4.79. The number of carbonyl (C=O) groups is 3. The Morgan fingerprint density at radius 2 is 2.08 bits per heavy atom. The van der Waals surface area contributed by atoms with Crippen LogP contribution >= 0.6 is 0 Å². The standard InChI is InChI=1S/C16H20N4O5/c1-10(2)8-16(3)14(22)19(15(23)18-16)9-13(21)17-11-5-4-6-12(7-11)20(24)25/h4-7,10H,8-9H2,1-3H3,(H,17,21)(H,18,23)/t16-/m1/s1. The van der Waals surface area contributed by atoms with Gasteiger partial charge in [-0.05, 0) is 25.3 Å². The lowest BCUT2D eigenvalue weighted by molar-refractivity contribution is -0.384. The summed E-state index contributed by atoms with van der Waals surface area (Å²) < 4.78 is 0. The van der Waals surface area contributed by atoms with Crippen LogP contribution in [0.25, 0.3) is 0 Å². The van der Waals surface area contributed by atoms with E-state index in [4.69, 9.17) is 0 Å². The molecule has 2 N–H and O–H groups in total. The number of nitrogens with zero attached hydrogens (tertiary/aromatic N) is 2. The number of urea groups is 1. The van der Waals surface area contributed by atoms with Gasteiger partial charge in [0.25, 0.3) is 11.6 Å². The zero-order valence-electron chi connectivity index (χ0n) is 14.2. The summed E-state index contributed by atoms with van der Waals surface area (Å²) in [6.07, 6.45) is 0.459. The van der Waals surface area contributed by atoms with E-state index >= 15 is 0 Å². The lowest BCUT2D eigenvalue weighted by Gasteiger charge is -2.23. The smallest absolute Gasteiger partial charge is 0.324 e. The third-order valence-electron chi connectivity index (χ3n) is 3.80. The van der Waals surface area contributed by atoms with E-state index in [1.807, 2.05) is 13.8 Å². The van der Waals surface area contributed by atoms with E-state index in [0.29, 0.717) is 6.42 Å². The predicted octanol–water partition coefficient (Wildman–Crippen LogP) is 1.89. The van der Waals surface area contributed by atoms with Gasteiger partial charge in [0, 0.05) is 17.8 Å². The lowest BCUT2D eigenvalue weighted by atomic mass is 9.91. The Bertz CT molecular complexity index is 733. The number of carbonyl (C=O) groups excluding carboxylic acids is 3. The first-order valence-corrected chi connectivity index (χ1v) is 7.81. The molecule has 1 fully saturated rings. The number of imide groups is 1. The van der Waals surface area contributed by atoms with E-state index in [1.165, 1.54) is 24.3 Å². The molecule has 1 aromatic carbocycles. The highest BCUT2D eigenvalue weighted by atomic mass is 16.6. The van der Waals surface area contributed by atoms with Crippen molar-refractivity contribution in [2.45, 2.75) is 32.7 Å². The van der Waals surface area contributed by atoms with Crippen molar-refractivity contribution >= 4 is 29.2 Å². The zero-order chi connectivity index (χ0) is 18.8. The van der Waals surface area contributed by atoms with Crippen molar-refractivity contribution in [1.82, 2.24) is 10.2 Å². The van der Waals surface area contributed by atoms with Gasteiger partial charge in [-0.1, -0.05) is 19.9 Å². The summed E-state index contributed by atoms with van der Waals surface area (Å²) >= 11 is 0. The monoisotopic (exact) mass is 348 g/mol. The second-order valence-electron chi connectivity index (χ2n) is 6.61. The molecule has 134 valence electrons. The van der Waals surface area contributed by atoms with Gasteiger partial charge >= 0.3 is 6.03 Å². The molecule has 1 heterocycles. The van der Waals surface area contributed by atoms with Gasteiger partial charge in [-0.15, -0.1) is 0 Å². The lowest BCUT2D eigenvalue weighted by Crippen LogP contribution is -2.45. The maximum Gasteiger partial charge on any atom is 0.325 e. The molecule has 1 aromatic rings. The predicted molar refractivity (Wildman–Crippen MR) is 89.8 cm³/mol. The third-order valence-corrected chi connectivity index (χ3v) is 3.80. The van der Waals surface area contributed by atoms with Crippen molar-refractivity contribution in [2.75, 3.05) is 11.9 Å². The SMILES string of the molecule is CC(C)C[C@@]1(C)NC(=O)N(CC(=O)Nc2cccc([N+](=O)[O-])c2)C1=O. The van der Waals surface area contributed by atoms with E-state index in [9.17, 15) is 24.5 Å². The molecule has 0 radical (unpaired) electrons. The van der Waals surface area contributed by atoms with Crippen LogP contribution in [-0.4, -0.2) is 39.8 Å². The summed E-state index contributed by atoms with van der Waals surface area (Å²) in [6.45, 7) is 5.04. The molecule has 9 nitrogen and oxygen atoms in total. The molecule has 4 amide bonds. The molecule has 0 aromatic heterocycles. The van der Waals surface area contributed by atoms with Crippen molar-refractivity contribution in [2.24, 2.45) is 5.92 Å². The Labute approximate surface area is 144 Å². The van der Waals surface area contributed by atoms with E-state index in [2.05, 4.69) is 10.6 Å². The van der Waals surface area contributed by atoms with Gasteiger partial charge in [0.05, 0.1) is 4.92 Å². The fourth-order valence-corrected chi connectivity index (χ4v) is 2.89. The van der Waals surface area contributed by atoms with Crippen molar-refractivity contribution < 1.29 is 19.3 Å². The largest absolute Gasteiger partial charge is 0.325 e. The van der Waals surface area contributed by atoms with Crippen LogP contribution in [0.15, 0.2) is 24.3 Å². The molecule has 0 unspecified atom stereocenters. The van der Waals surface area contributed by atoms with Crippen LogP contribution in [0.1, 0.15) is 27.2 Å². The van der Waals surface area contributed by atoms with Gasteiger partial charge < -0.3 is 10.6 Å². The van der Waals surface area contributed by atoms with Crippen molar-refractivity contribution in [1.29, 1.82) is 0 Å². The maximum atomic E-state index is 12.5. The van der Waals surface area contributed by atoms with Gasteiger partial charge in [0.15, 0.2) is 0 Å². The minimum atomic E-state index is -1.03. The first-order valence-electron chi connectivity index (χ1n) is 7.81. The summed E-state index contributed by atoms with van der Waals surface area (Å²) in [5.41, 5.74) is -0.981. The number of amides is 4. The van der Waals surface area contributed by atoms with Crippen LogP contribution in [0.2, 0.25) is 0 Å². The molecular weight excluding hydrogens is 328 g/mol. The number of benzene rings is 1. The first-order chi connectivity index (χ1) is 11.6. The molecule has 1 aliphatic rings. The Morgan fingerprint density at radius 1 is 1.40 bits per heavy atom. The van der Waals surface area contributed by atoms with E-state index < -0.39 is 34.9 Å². The molecule has 1 saturated heterocycles. The van der Waals surface area contributed by atoms with Crippen LogP contribution in [0.5, 0.6) is 0 Å². The highest BCUT2D eigenvalue weighted by Gasteiger charge is 2.48. The van der Waals surface area contributed by atoms with E-state index in [-0.39, 0.29) is 17.3 Å². The van der Waals surface area contributed by atoms with Gasteiger partial charge in [0.2, 0.25) is 5.91 Å². The van der Waals surface area contributed by atoms with Gasteiger partial charge in [0.1, 0.15) is 12.1 Å². The molecule has 0 saturated carbocycles. The Balaban J connectivity index is 2.05. The Morgan fingerprint density at radius 3 is 2.68 bits per heavy atom. The van der Waals surface area contributed by atoms with Crippen LogP contribution in [0.3, 0.4) is 0 Å². The molecule has 1 atom stereocenters. The summed E-state index contributed by atoms with van der Waals surface area (Å²) in [4.78, 5) is 47.7. The van der Waals surface area contributed by atoms with Gasteiger partial charge in [-0.25, -0.2) is 4.79 Å². The number of nitrogens with one attached hydrogen (secondary N) is 2. The molecule has 25 heavy (non-hydrogen) atoms. The number of anilines is 1. The molecule has 0 bridgehead atoms. The van der Waals surface area contributed by atoms with Crippen molar-refractivity contribution in [3.05, 3.63) is 34.4 Å². The quantitative estimate of drug-likeness (QED) is 0.462. The Kier molecular flexibility index (Phi) is 5.05. The minimum absolute atomic E-state index is 0.169. The van der Waals surface area contributed by atoms with Crippen LogP contribution in [-0.2, 0) is 9.59 Å². The summed E-state index contributed by atoms with van der Waals surface area (Å²) in [5.74, 6) is -0.883. The van der Waals surface area contributed by atoms with Crippen LogP contribution in [0.4, 0.5) is 16.2 Å². The number of rotatable bonds is 6. The van der Waals surface area contributed by atoms with E-state index in [1.54, 1.807) is 6.92 Å². The number of hydrogen-bond donors (Lipinski definition) is 2. The molecule has 9 heteroatoms. The number of hydrogen-bond acceptors (Lipinski definition) is 5. The van der Waals surface area contributed by atoms with Gasteiger partial charge in [-0.2, -0.15) is 0 Å².